The Kier molecular flexibility index (Phi) is 5.06. The molecule has 0 radical (unpaired) electrons. The van der Waals surface area contributed by atoms with E-state index in [2.05, 4.69) is 20.3 Å². The minimum Gasteiger partial charge on any atom is -0.480 e. The van der Waals surface area contributed by atoms with Gasteiger partial charge in [0, 0.05) is 35.2 Å². The molecule has 9 heteroatoms. The Bertz CT molecular complexity index is 1000. The van der Waals surface area contributed by atoms with E-state index in [1.807, 2.05) is 18.2 Å². The summed E-state index contributed by atoms with van der Waals surface area (Å²) in [5.74, 6) is 0.435. The lowest BCUT2D eigenvalue weighted by atomic mass is 10.1. The predicted molar refractivity (Wildman–Crippen MR) is 105 cm³/mol. The van der Waals surface area contributed by atoms with Crippen LogP contribution in [0.25, 0.3) is 22.2 Å². The molecule has 1 aliphatic heterocycles. The molecule has 2 amide bonds. The van der Waals surface area contributed by atoms with E-state index in [1.165, 1.54) is 7.11 Å². The Hall–Kier alpha value is -2.84. The number of fused-ring (bicyclic) bond motifs is 1. The van der Waals surface area contributed by atoms with E-state index in [0.717, 1.165) is 22.2 Å². The van der Waals surface area contributed by atoms with Gasteiger partial charge in [0.1, 0.15) is 0 Å². The van der Waals surface area contributed by atoms with Crippen LogP contribution in [0.5, 0.6) is 5.88 Å². The molecule has 1 aliphatic rings. The van der Waals surface area contributed by atoms with Crippen LogP contribution in [0.4, 0.5) is 4.79 Å². The SMILES string of the molecule is COc1cnc(-c2cc3[nH]c(CNC(=O)N4CC[C@@H](O)C4)cc3cc2Cl)cn1. The molecule has 3 N–H and O–H groups in total. The van der Waals surface area contributed by atoms with Gasteiger partial charge in [0.25, 0.3) is 0 Å². The monoisotopic (exact) mass is 401 g/mol. The average Bonchev–Trinajstić information content (AvgIpc) is 3.31. The average molecular weight is 402 g/mol. The molecule has 0 spiro atoms. The highest BCUT2D eigenvalue weighted by molar-refractivity contribution is 6.34. The van der Waals surface area contributed by atoms with Crippen molar-refractivity contribution in [3.8, 4) is 17.1 Å². The van der Waals surface area contributed by atoms with Gasteiger partial charge in [-0.2, -0.15) is 0 Å². The third kappa shape index (κ3) is 3.74. The maximum absolute atomic E-state index is 12.2. The number of carbonyl (C=O) groups excluding carboxylic acids is 1. The van der Waals surface area contributed by atoms with Crippen LogP contribution in [0.2, 0.25) is 5.02 Å². The smallest absolute Gasteiger partial charge is 0.317 e. The van der Waals surface area contributed by atoms with Crippen LogP contribution in [0.1, 0.15) is 12.1 Å². The fourth-order valence-electron chi connectivity index (χ4n) is 3.27. The number of rotatable bonds is 4. The van der Waals surface area contributed by atoms with Gasteiger partial charge in [-0.05, 0) is 24.6 Å². The number of nitrogens with zero attached hydrogens (tertiary/aromatic N) is 3. The third-order valence-corrected chi connectivity index (χ3v) is 5.07. The van der Waals surface area contributed by atoms with Crippen molar-refractivity contribution in [2.45, 2.75) is 19.1 Å². The van der Waals surface area contributed by atoms with E-state index >= 15 is 0 Å². The maximum atomic E-state index is 12.2. The number of hydrogen-bond donors (Lipinski definition) is 3. The first-order chi connectivity index (χ1) is 13.5. The minimum atomic E-state index is -0.430. The van der Waals surface area contributed by atoms with E-state index < -0.39 is 6.10 Å². The number of aliphatic hydroxyl groups is 1. The number of benzene rings is 1. The van der Waals surface area contributed by atoms with Gasteiger partial charge in [-0.3, -0.25) is 0 Å². The summed E-state index contributed by atoms with van der Waals surface area (Å²) in [4.78, 5) is 25.6. The standard InChI is InChI=1S/C19H20ClN5O3/c1-28-18-9-21-17(8-22-18)14-6-16-11(5-15(14)20)4-12(24-16)7-23-19(27)25-3-2-13(26)10-25/h4-6,8-9,13,24,26H,2-3,7,10H2,1H3,(H,23,27)/t13-/m1/s1. The fourth-order valence-corrected chi connectivity index (χ4v) is 3.54. The van der Waals surface area contributed by atoms with E-state index in [0.29, 0.717) is 42.7 Å². The Morgan fingerprint density at radius 1 is 1.39 bits per heavy atom. The molecule has 8 nitrogen and oxygen atoms in total. The number of H-pyrrole nitrogens is 1. The van der Waals surface area contributed by atoms with Crippen molar-refractivity contribution in [3.63, 3.8) is 0 Å². The lowest BCUT2D eigenvalue weighted by Gasteiger charge is -2.15. The molecule has 3 heterocycles. The fraction of sp³-hybridized carbons (Fsp3) is 0.316. The molecule has 1 fully saturated rings. The normalized spacial score (nSPS) is 16.5. The largest absolute Gasteiger partial charge is 0.480 e. The highest BCUT2D eigenvalue weighted by atomic mass is 35.5. The van der Waals surface area contributed by atoms with Crippen molar-refractivity contribution in [1.29, 1.82) is 0 Å². The number of amides is 2. The molecular formula is C19H20ClN5O3. The second-order valence-electron chi connectivity index (χ2n) is 6.71. The van der Waals surface area contributed by atoms with Gasteiger partial charge in [0.2, 0.25) is 5.88 Å². The topological polar surface area (TPSA) is 103 Å². The molecule has 28 heavy (non-hydrogen) atoms. The summed E-state index contributed by atoms with van der Waals surface area (Å²) in [5, 5.41) is 13.9. The van der Waals surface area contributed by atoms with Crippen LogP contribution in [0.3, 0.4) is 0 Å². The van der Waals surface area contributed by atoms with Gasteiger partial charge in [-0.25, -0.2) is 14.8 Å². The van der Waals surface area contributed by atoms with E-state index in [-0.39, 0.29) is 6.03 Å². The Morgan fingerprint density at radius 2 is 2.25 bits per heavy atom. The zero-order valence-electron chi connectivity index (χ0n) is 15.3. The first kappa shape index (κ1) is 18.5. The van der Waals surface area contributed by atoms with Gasteiger partial charge in [0.15, 0.2) is 0 Å². The maximum Gasteiger partial charge on any atom is 0.317 e. The summed E-state index contributed by atoms with van der Waals surface area (Å²) in [6.45, 7) is 1.30. The first-order valence-corrected chi connectivity index (χ1v) is 9.29. The third-order valence-electron chi connectivity index (χ3n) is 4.76. The lowest BCUT2D eigenvalue weighted by Crippen LogP contribution is -2.38. The van der Waals surface area contributed by atoms with E-state index in [4.69, 9.17) is 16.3 Å². The van der Waals surface area contributed by atoms with Gasteiger partial charge in [-0.15, -0.1) is 0 Å². The van der Waals surface area contributed by atoms with Gasteiger partial charge in [0.05, 0.1) is 42.9 Å². The highest BCUT2D eigenvalue weighted by Gasteiger charge is 2.24. The zero-order chi connectivity index (χ0) is 19.7. The second kappa shape index (κ2) is 7.65. The van der Waals surface area contributed by atoms with Crippen LogP contribution < -0.4 is 10.1 Å². The quantitative estimate of drug-likeness (QED) is 0.623. The van der Waals surface area contributed by atoms with Gasteiger partial charge >= 0.3 is 6.03 Å². The molecule has 0 aliphatic carbocycles. The number of urea groups is 1. The van der Waals surface area contributed by atoms with E-state index in [9.17, 15) is 9.90 Å². The number of nitrogens with one attached hydrogen (secondary N) is 2. The van der Waals surface area contributed by atoms with Crippen LogP contribution in [-0.2, 0) is 6.54 Å². The highest BCUT2D eigenvalue weighted by Crippen LogP contribution is 2.31. The summed E-state index contributed by atoms with van der Waals surface area (Å²) >= 11 is 6.43. The Balaban J connectivity index is 1.51. The molecule has 0 unspecified atom stereocenters. The Labute approximate surface area is 166 Å². The number of aromatic amines is 1. The number of halogens is 1. The molecule has 1 aromatic carbocycles. The van der Waals surface area contributed by atoms with Crippen LogP contribution in [0, 0.1) is 0 Å². The molecule has 2 aromatic heterocycles. The van der Waals surface area contributed by atoms with Crippen molar-refractivity contribution < 1.29 is 14.6 Å². The number of aromatic nitrogens is 3. The molecule has 146 valence electrons. The summed E-state index contributed by atoms with van der Waals surface area (Å²) in [7, 11) is 1.54. The number of carbonyl (C=O) groups is 1. The number of aliphatic hydroxyl groups excluding tert-OH is 1. The number of methoxy groups -OCH3 is 1. The van der Waals surface area contributed by atoms with Crippen LogP contribution in [-0.4, -0.2) is 57.3 Å². The van der Waals surface area contributed by atoms with Gasteiger partial charge in [-0.1, -0.05) is 11.6 Å². The minimum absolute atomic E-state index is 0.178. The summed E-state index contributed by atoms with van der Waals surface area (Å²) < 4.78 is 5.03. The lowest BCUT2D eigenvalue weighted by molar-refractivity contribution is 0.171. The zero-order valence-corrected chi connectivity index (χ0v) is 16.0. The molecular weight excluding hydrogens is 382 g/mol. The van der Waals surface area contributed by atoms with Crippen molar-refractivity contribution in [3.05, 3.63) is 41.3 Å². The first-order valence-electron chi connectivity index (χ1n) is 8.92. The van der Waals surface area contributed by atoms with Crippen molar-refractivity contribution >= 4 is 28.5 Å². The van der Waals surface area contributed by atoms with Crippen LogP contribution in [0.15, 0.2) is 30.6 Å². The van der Waals surface area contributed by atoms with Crippen molar-refractivity contribution in [2.75, 3.05) is 20.2 Å². The summed E-state index contributed by atoms with van der Waals surface area (Å²) in [5.41, 5.74) is 3.15. The molecule has 0 bridgehead atoms. The Morgan fingerprint density at radius 3 is 2.93 bits per heavy atom. The number of likely N-dealkylation sites (tertiary alicyclic amines) is 1. The van der Waals surface area contributed by atoms with Crippen molar-refractivity contribution in [2.24, 2.45) is 0 Å². The van der Waals surface area contributed by atoms with E-state index in [1.54, 1.807) is 17.3 Å². The molecule has 0 saturated carbocycles. The predicted octanol–water partition coefficient (Wildman–Crippen LogP) is 2.56. The summed E-state index contributed by atoms with van der Waals surface area (Å²) in [6, 6.07) is 5.54. The molecule has 3 aromatic rings. The second-order valence-corrected chi connectivity index (χ2v) is 7.11. The summed E-state index contributed by atoms with van der Waals surface area (Å²) in [6.07, 6.45) is 3.34. The number of β-amino-alcohol motifs (C(OH)–C–C–N with tert-alkyl or cyclic N) is 1. The number of hydrogen-bond acceptors (Lipinski definition) is 5. The molecule has 1 atom stereocenters. The number of ether oxygens (including phenoxy) is 1. The van der Waals surface area contributed by atoms with Gasteiger partial charge < -0.3 is 25.0 Å². The van der Waals surface area contributed by atoms with Crippen LogP contribution >= 0.6 is 11.6 Å². The van der Waals surface area contributed by atoms with Crippen molar-refractivity contribution in [1.82, 2.24) is 25.2 Å². The molecule has 4 rings (SSSR count). The molecule has 1 saturated heterocycles.